The number of thiophene rings is 2. The average molecular weight is 293 g/mol. The Morgan fingerprint density at radius 3 is 2.47 bits per heavy atom. The van der Waals surface area contributed by atoms with E-state index >= 15 is 0 Å². The van der Waals surface area contributed by atoms with Crippen molar-refractivity contribution >= 4 is 22.7 Å². The van der Waals surface area contributed by atoms with Crippen LogP contribution in [0.1, 0.15) is 72.9 Å². The van der Waals surface area contributed by atoms with Gasteiger partial charge in [-0.15, -0.1) is 22.7 Å². The first-order valence-corrected chi connectivity index (χ1v) is 9.08. The van der Waals surface area contributed by atoms with Crippen molar-refractivity contribution in [3.05, 3.63) is 44.3 Å². The van der Waals surface area contributed by atoms with E-state index in [4.69, 9.17) is 0 Å². The van der Waals surface area contributed by atoms with Gasteiger partial charge in [0.2, 0.25) is 0 Å². The molecule has 2 unspecified atom stereocenters. The van der Waals surface area contributed by atoms with E-state index in [-0.39, 0.29) is 0 Å². The molecule has 0 spiro atoms. The predicted molar refractivity (Wildman–Crippen MR) is 88.7 cm³/mol. The zero-order valence-corrected chi connectivity index (χ0v) is 13.8. The van der Waals surface area contributed by atoms with E-state index in [1.54, 1.807) is 4.88 Å². The van der Waals surface area contributed by atoms with Gasteiger partial charge in [-0.1, -0.05) is 39.7 Å². The van der Waals surface area contributed by atoms with Crippen LogP contribution in [-0.2, 0) is 0 Å². The fourth-order valence-corrected chi connectivity index (χ4v) is 4.67. The molecule has 2 aromatic rings. The van der Waals surface area contributed by atoms with Gasteiger partial charge in [-0.3, -0.25) is 0 Å². The van der Waals surface area contributed by atoms with Gasteiger partial charge < -0.3 is 0 Å². The van der Waals surface area contributed by atoms with Crippen LogP contribution in [0.5, 0.6) is 0 Å². The molecule has 0 saturated heterocycles. The molecule has 2 rings (SSSR count). The van der Waals surface area contributed by atoms with E-state index in [9.17, 15) is 0 Å². The molecular weight excluding hydrogens is 268 g/mol. The second kappa shape index (κ2) is 7.25. The highest BCUT2D eigenvalue weighted by molar-refractivity contribution is 7.13. The minimum atomic E-state index is 0.558. The molecule has 0 N–H and O–H groups in total. The number of hydrogen-bond acceptors (Lipinski definition) is 2. The molecule has 19 heavy (non-hydrogen) atoms. The molecule has 2 aromatic heterocycles. The van der Waals surface area contributed by atoms with Gasteiger partial charge in [0.1, 0.15) is 0 Å². The van der Waals surface area contributed by atoms with E-state index in [1.165, 1.54) is 35.4 Å². The Morgan fingerprint density at radius 2 is 1.84 bits per heavy atom. The fraction of sp³-hybridized carbons (Fsp3) is 0.529. The Morgan fingerprint density at radius 1 is 1.05 bits per heavy atom. The summed E-state index contributed by atoms with van der Waals surface area (Å²) >= 11 is 3.90. The second-order valence-electron chi connectivity index (χ2n) is 5.22. The third-order valence-electron chi connectivity index (χ3n) is 3.85. The van der Waals surface area contributed by atoms with Crippen LogP contribution in [0.2, 0.25) is 0 Å². The molecule has 104 valence electrons. The molecule has 2 atom stereocenters. The van der Waals surface area contributed by atoms with Crippen LogP contribution < -0.4 is 0 Å². The average Bonchev–Trinajstić information content (AvgIpc) is 3.10. The molecule has 0 fully saturated rings. The zero-order valence-electron chi connectivity index (χ0n) is 12.2. The van der Waals surface area contributed by atoms with Gasteiger partial charge in [-0.05, 0) is 42.3 Å². The first kappa shape index (κ1) is 14.8. The van der Waals surface area contributed by atoms with Gasteiger partial charge in [0.15, 0.2) is 0 Å². The molecule has 0 radical (unpaired) electrons. The fourth-order valence-electron chi connectivity index (χ4n) is 2.50. The molecule has 0 saturated carbocycles. The SMILES string of the molecule is CCCCC(CC)c1ccc(C(C)c2cccs2)s1. The van der Waals surface area contributed by atoms with Crippen LogP contribution in [-0.4, -0.2) is 0 Å². The van der Waals surface area contributed by atoms with Gasteiger partial charge in [0, 0.05) is 20.5 Å². The van der Waals surface area contributed by atoms with Crippen molar-refractivity contribution in [2.45, 2.75) is 58.3 Å². The summed E-state index contributed by atoms with van der Waals surface area (Å²) in [7, 11) is 0. The van der Waals surface area contributed by atoms with Crippen molar-refractivity contribution in [3.63, 3.8) is 0 Å². The van der Waals surface area contributed by atoms with Crippen molar-refractivity contribution in [3.8, 4) is 0 Å². The summed E-state index contributed by atoms with van der Waals surface area (Å²) < 4.78 is 0. The van der Waals surface area contributed by atoms with Crippen molar-refractivity contribution < 1.29 is 0 Å². The van der Waals surface area contributed by atoms with Crippen molar-refractivity contribution in [2.75, 3.05) is 0 Å². The van der Waals surface area contributed by atoms with Crippen LogP contribution in [0.25, 0.3) is 0 Å². The number of hydrogen-bond donors (Lipinski definition) is 0. The van der Waals surface area contributed by atoms with Crippen LogP contribution in [0.3, 0.4) is 0 Å². The standard InChI is InChI=1S/C17H24S2/c1-4-6-8-14(5-2)17-11-10-16(19-17)13(3)15-9-7-12-18-15/h7,9-14H,4-6,8H2,1-3H3. The molecule has 0 nitrogen and oxygen atoms in total. The van der Waals surface area contributed by atoms with Crippen LogP contribution in [0.4, 0.5) is 0 Å². The van der Waals surface area contributed by atoms with Gasteiger partial charge in [0.05, 0.1) is 0 Å². The first-order valence-electron chi connectivity index (χ1n) is 7.39. The maximum Gasteiger partial charge on any atom is 0.0249 e. The highest BCUT2D eigenvalue weighted by Gasteiger charge is 2.16. The summed E-state index contributed by atoms with van der Waals surface area (Å²) in [5.41, 5.74) is 0. The van der Waals surface area contributed by atoms with Crippen LogP contribution in [0, 0.1) is 0 Å². The molecule has 0 amide bonds. The highest BCUT2D eigenvalue weighted by Crippen LogP contribution is 2.37. The maximum absolute atomic E-state index is 2.37. The Balaban J connectivity index is 2.09. The highest BCUT2D eigenvalue weighted by atomic mass is 32.1. The third kappa shape index (κ3) is 3.70. The largest absolute Gasteiger partial charge is 0.148 e. The van der Waals surface area contributed by atoms with E-state index in [2.05, 4.69) is 50.4 Å². The lowest BCUT2D eigenvalue weighted by Gasteiger charge is -2.12. The Hall–Kier alpha value is -0.600. The van der Waals surface area contributed by atoms with Gasteiger partial charge in [-0.25, -0.2) is 0 Å². The predicted octanol–water partition coefficient (Wildman–Crippen LogP) is 6.65. The molecular formula is C17H24S2. The summed E-state index contributed by atoms with van der Waals surface area (Å²) in [6, 6.07) is 9.12. The topological polar surface area (TPSA) is 0 Å². The normalized spacial score (nSPS) is 14.5. The van der Waals surface area contributed by atoms with Crippen molar-refractivity contribution in [1.29, 1.82) is 0 Å². The van der Waals surface area contributed by atoms with Crippen molar-refractivity contribution in [2.24, 2.45) is 0 Å². The summed E-state index contributed by atoms with van der Waals surface area (Å²) in [6.07, 6.45) is 5.28. The van der Waals surface area contributed by atoms with Crippen LogP contribution >= 0.6 is 22.7 Å². The van der Waals surface area contributed by atoms with E-state index in [0.29, 0.717) is 5.92 Å². The lowest BCUT2D eigenvalue weighted by molar-refractivity contribution is 0.577. The lowest BCUT2D eigenvalue weighted by atomic mass is 9.98. The van der Waals surface area contributed by atoms with E-state index in [0.717, 1.165) is 5.92 Å². The number of rotatable bonds is 7. The molecule has 0 aliphatic rings. The molecule has 0 aliphatic carbocycles. The Labute approximate surface area is 125 Å². The Kier molecular flexibility index (Phi) is 5.65. The lowest BCUT2D eigenvalue weighted by Crippen LogP contribution is -1.94. The van der Waals surface area contributed by atoms with Crippen molar-refractivity contribution in [1.82, 2.24) is 0 Å². The summed E-state index contributed by atoms with van der Waals surface area (Å²) in [6.45, 7) is 6.93. The van der Waals surface area contributed by atoms with E-state index in [1.807, 2.05) is 22.7 Å². The minimum absolute atomic E-state index is 0.558. The Bertz CT molecular complexity index is 467. The van der Waals surface area contributed by atoms with Gasteiger partial charge in [-0.2, -0.15) is 0 Å². The first-order chi connectivity index (χ1) is 9.26. The maximum atomic E-state index is 2.37. The second-order valence-corrected chi connectivity index (χ2v) is 7.35. The molecule has 0 bridgehead atoms. The summed E-state index contributed by atoms with van der Waals surface area (Å²) in [5, 5.41) is 2.18. The van der Waals surface area contributed by atoms with Gasteiger partial charge >= 0.3 is 0 Å². The smallest absolute Gasteiger partial charge is 0.0249 e. The van der Waals surface area contributed by atoms with Gasteiger partial charge in [0.25, 0.3) is 0 Å². The molecule has 0 aliphatic heterocycles. The molecule has 0 aromatic carbocycles. The minimum Gasteiger partial charge on any atom is -0.148 e. The quantitative estimate of drug-likeness (QED) is 0.536. The third-order valence-corrected chi connectivity index (χ3v) is 6.33. The van der Waals surface area contributed by atoms with E-state index < -0.39 is 0 Å². The number of unbranched alkanes of at least 4 members (excludes halogenated alkanes) is 1. The monoisotopic (exact) mass is 292 g/mol. The van der Waals surface area contributed by atoms with Crippen LogP contribution in [0.15, 0.2) is 29.6 Å². The summed E-state index contributed by atoms with van der Waals surface area (Å²) in [5.74, 6) is 1.33. The molecule has 2 heteroatoms. The zero-order chi connectivity index (χ0) is 13.7. The molecule has 2 heterocycles. The summed E-state index contributed by atoms with van der Waals surface area (Å²) in [4.78, 5) is 4.59.